The molecule has 26 heavy (non-hydrogen) atoms. The van der Waals surface area contributed by atoms with Gasteiger partial charge in [-0.25, -0.2) is 4.39 Å². The second-order valence-corrected chi connectivity index (χ2v) is 7.78. The van der Waals surface area contributed by atoms with Crippen molar-refractivity contribution in [2.75, 3.05) is 13.2 Å². The summed E-state index contributed by atoms with van der Waals surface area (Å²) in [6.45, 7) is 6.98. The van der Waals surface area contributed by atoms with E-state index in [0.29, 0.717) is 0 Å². The topological polar surface area (TPSA) is 21.3 Å². The summed E-state index contributed by atoms with van der Waals surface area (Å²) in [7, 11) is 0. The molecule has 0 bridgehead atoms. The van der Waals surface area contributed by atoms with Gasteiger partial charge in [0.15, 0.2) is 0 Å². The van der Waals surface area contributed by atoms with Crippen molar-refractivity contribution in [2.45, 2.75) is 57.1 Å². The smallest absolute Gasteiger partial charge is 0.123 e. The highest BCUT2D eigenvalue weighted by atomic mass is 19.1. The Morgan fingerprint density at radius 1 is 1.08 bits per heavy atom. The summed E-state index contributed by atoms with van der Waals surface area (Å²) < 4.78 is 19.6. The van der Waals surface area contributed by atoms with E-state index in [1.165, 1.54) is 11.1 Å². The Kier molecular flexibility index (Phi) is 6.10. The lowest BCUT2D eigenvalue weighted by atomic mass is 9.66. The Morgan fingerprint density at radius 2 is 1.81 bits per heavy atom. The minimum atomic E-state index is -0.170. The van der Waals surface area contributed by atoms with Gasteiger partial charge in [0.05, 0.1) is 5.60 Å². The highest BCUT2D eigenvalue weighted by Gasteiger charge is 2.43. The lowest BCUT2D eigenvalue weighted by Crippen LogP contribution is -2.46. The summed E-state index contributed by atoms with van der Waals surface area (Å²) in [5.74, 6) is -0.170. The SMILES string of the molecule is CCC1(C)CC(CCNCc2ccccc2)(c2ccc(F)cc2)CCO1. The van der Waals surface area contributed by atoms with Gasteiger partial charge in [-0.1, -0.05) is 49.4 Å². The summed E-state index contributed by atoms with van der Waals surface area (Å²) in [6.07, 6.45) is 3.99. The van der Waals surface area contributed by atoms with E-state index in [0.717, 1.165) is 45.4 Å². The number of nitrogens with one attached hydrogen (secondary N) is 1. The number of hydrogen-bond donors (Lipinski definition) is 1. The lowest BCUT2D eigenvalue weighted by Gasteiger charge is -2.47. The van der Waals surface area contributed by atoms with Gasteiger partial charge < -0.3 is 10.1 Å². The fourth-order valence-corrected chi connectivity index (χ4v) is 4.14. The predicted molar refractivity (Wildman–Crippen MR) is 105 cm³/mol. The zero-order valence-corrected chi connectivity index (χ0v) is 15.9. The van der Waals surface area contributed by atoms with Crippen molar-refractivity contribution >= 4 is 0 Å². The largest absolute Gasteiger partial charge is 0.375 e. The van der Waals surface area contributed by atoms with E-state index in [9.17, 15) is 4.39 Å². The van der Waals surface area contributed by atoms with Gasteiger partial charge in [-0.05, 0) is 62.4 Å². The van der Waals surface area contributed by atoms with Crippen molar-refractivity contribution in [1.29, 1.82) is 0 Å². The molecule has 1 N–H and O–H groups in total. The van der Waals surface area contributed by atoms with E-state index >= 15 is 0 Å². The Morgan fingerprint density at radius 3 is 2.50 bits per heavy atom. The standard InChI is InChI=1S/C23H30FNO/c1-3-22(2)18-23(14-16-26-22,20-9-11-21(24)12-10-20)13-15-25-17-19-7-5-4-6-8-19/h4-12,25H,3,13-18H2,1-2H3. The van der Waals surface area contributed by atoms with E-state index in [-0.39, 0.29) is 16.8 Å². The first-order valence-corrected chi connectivity index (χ1v) is 9.70. The molecule has 3 rings (SSSR count). The first-order valence-electron chi connectivity index (χ1n) is 9.70. The first-order chi connectivity index (χ1) is 12.6. The molecule has 0 spiro atoms. The van der Waals surface area contributed by atoms with Crippen LogP contribution in [0.5, 0.6) is 0 Å². The second kappa shape index (κ2) is 8.32. The molecule has 2 atom stereocenters. The molecule has 1 heterocycles. The molecule has 1 saturated heterocycles. The molecule has 0 saturated carbocycles. The molecule has 1 fully saturated rings. The van der Waals surface area contributed by atoms with Crippen molar-refractivity contribution in [2.24, 2.45) is 0 Å². The summed E-state index contributed by atoms with van der Waals surface area (Å²) in [4.78, 5) is 0. The maximum Gasteiger partial charge on any atom is 0.123 e. The maximum absolute atomic E-state index is 13.5. The molecule has 2 aromatic carbocycles. The number of halogens is 1. The molecule has 0 amide bonds. The fourth-order valence-electron chi connectivity index (χ4n) is 4.14. The van der Waals surface area contributed by atoms with E-state index in [4.69, 9.17) is 4.74 Å². The van der Waals surface area contributed by atoms with Gasteiger partial charge in [-0.3, -0.25) is 0 Å². The molecular formula is C23H30FNO. The van der Waals surface area contributed by atoms with Crippen LogP contribution in [-0.2, 0) is 16.7 Å². The molecule has 1 aliphatic rings. The van der Waals surface area contributed by atoms with Gasteiger partial charge in [0, 0.05) is 18.6 Å². The van der Waals surface area contributed by atoms with Crippen LogP contribution < -0.4 is 5.32 Å². The summed E-state index contributed by atoms with van der Waals surface area (Å²) >= 11 is 0. The summed E-state index contributed by atoms with van der Waals surface area (Å²) in [5, 5.41) is 3.59. The van der Waals surface area contributed by atoms with Crippen LogP contribution in [0.3, 0.4) is 0 Å². The van der Waals surface area contributed by atoms with E-state index in [1.807, 2.05) is 18.2 Å². The van der Waals surface area contributed by atoms with Crippen molar-refractivity contribution in [3.63, 3.8) is 0 Å². The Hall–Kier alpha value is -1.71. The van der Waals surface area contributed by atoms with Crippen LogP contribution in [0.1, 0.15) is 50.7 Å². The van der Waals surface area contributed by atoms with E-state index < -0.39 is 0 Å². The van der Waals surface area contributed by atoms with Crippen LogP contribution in [0.2, 0.25) is 0 Å². The van der Waals surface area contributed by atoms with Crippen LogP contribution in [0.25, 0.3) is 0 Å². The molecule has 3 heteroatoms. The highest BCUT2D eigenvalue weighted by Crippen LogP contribution is 2.45. The molecule has 0 radical (unpaired) electrons. The van der Waals surface area contributed by atoms with Crippen molar-refractivity contribution < 1.29 is 9.13 Å². The second-order valence-electron chi connectivity index (χ2n) is 7.78. The third-order valence-electron chi connectivity index (χ3n) is 5.90. The zero-order chi connectivity index (χ0) is 18.5. The fraction of sp³-hybridized carbons (Fsp3) is 0.478. The maximum atomic E-state index is 13.5. The highest BCUT2D eigenvalue weighted by molar-refractivity contribution is 5.28. The molecule has 140 valence electrons. The summed E-state index contributed by atoms with van der Waals surface area (Å²) in [6, 6.07) is 17.6. The Labute approximate surface area is 156 Å². The van der Waals surface area contributed by atoms with E-state index in [2.05, 4.69) is 43.4 Å². The van der Waals surface area contributed by atoms with Gasteiger partial charge in [-0.15, -0.1) is 0 Å². The van der Waals surface area contributed by atoms with Crippen LogP contribution in [0, 0.1) is 5.82 Å². The van der Waals surface area contributed by atoms with E-state index in [1.54, 1.807) is 12.1 Å². The summed E-state index contributed by atoms with van der Waals surface area (Å²) in [5.41, 5.74) is 2.48. The molecule has 2 nitrogen and oxygen atoms in total. The molecule has 0 aromatic heterocycles. The monoisotopic (exact) mass is 355 g/mol. The zero-order valence-electron chi connectivity index (χ0n) is 15.9. The minimum Gasteiger partial charge on any atom is -0.375 e. The number of hydrogen-bond acceptors (Lipinski definition) is 2. The van der Waals surface area contributed by atoms with Gasteiger partial charge in [0.2, 0.25) is 0 Å². The average Bonchev–Trinajstić information content (AvgIpc) is 2.67. The quantitative estimate of drug-likeness (QED) is 0.687. The van der Waals surface area contributed by atoms with Gasteiger partial charge in [-0.2, -0.15) is 0 Å². The molecule has 2 aromatic rings. The van der Waals surface area contributed by atoms with Crippen LogP contribution in [-0.4, -0.2) is 18.8 Å². The van der Waals surface area contributed by atoms with Crippen LogP contribution >= 0.6 is 0 Å². The molecule has 0 aliphatic carbocycles. The lowest BCUT2D eigenvalue weighted by molar-refractivity contribution is -0.0979. The molecular weight excluding hydrogens is 325 g/mol. The predicted octanol–water partition coefficient (Wildman–Crippen LogP) is 5.22. The average molecular weight is 355 g/mol. The normalized spacial score (nSPS) is 26.0. The van der Waals surface area contributed by atoms with Crippen LogP contribution in [0.4, 0.5) is 4.39 Å². The Balaban J connectivity index is 1.72. The third kappa shape index (κ3) is 4.52. The molecule has 2 unspecified atom stereocenters. The third-order valence-corrected chi connectivity index (χ3v) is 5.90. The van der Waals surface area contributed by atoms with Gasteiger partial charge in [0.1, 0.15) is 5.82 Å². The Bertz CT molecular complexity index is 687. The van der Waals surface area contributed by atoms with Gasteiger partial charge in [0.25, 0.3) is 0 Å². The molecule has 1 aliphatic heterocycles. The number of benzene rings is 2. The number of rotatable bonds is 7. The van der Waals surface area contributed by atoms with Crippen molar-refractivity contribution in [3.8, 4) is 0 Å². The van der Waals surface area contributed by atoms with Gasteiger partial charge >= 0.3 is 0 Å². The van der Waals surface area contributed by atoms with Crippen LogP contribution in [0.15, 0.2) is 54.6 Å². The minimum absolute atomic E-state index is 0.0421. The number of ether oxygens (including phenoxy) is 1. The first kappa shape index (κ1) is 19.1. The van der Waals surface area contributed by atoms with Crippen molar-refractivity contribution in [1.82, 2.24) is 5.32 Å². The van der Waals surface area contributed by atoms with Crippen molar-refractivity contribution in [3.05, 3.63) is 71.5 Å².